The Morgan fingerprint density at radius 3 is 2.06 bits per heavy atom. The molecular formula is C20H39N7O5. The lowest BCUT2D eigenvalue weighted by Gasteiger charge is -2.25. The Hall–Kier alpha value is -2.89. The third-order valence-electron chi connectivity index (χ3n) is 5.35. The highest BCUT2D eigenvalue weighted by molar-refractivity contribution is 5.92. The minimum Gasteiger partial charge on any atom is -0.480 e. The molecule has 0 saturated carbocycles. The quantitative estimate of drug-likeness (QED) is 0.0882. The number of carbonyl (C=O) groups is 4. The van der Waals surface area contributed by atoms with Gasteiger partial charge >= 0.3 is 5.97 Å². The number of rotatable bonds is 15. The van der Waals surface area contributed by atoms with E-state index in [1.165, 1.54) is 0 Å². The van der Waals surface area contributed by atoms with Crippen molar-refractivity contribution in [3.63, 3.8) is 0 Å². The minimum absolute atomic E-state index is 0.0448. The summed E-state index contributed by atoms with van der Waals surface area (Å²) < 4.78 is 0. The van der Waals surface area contributed by atoms with E-state index in [0.717, 1.165) is 0 Å². The maximum absolute atomic E-state index is 12.7. The zero-order valence-electron chi connectivity index (χ0n) is 19.4. The predicted octanol–water partition coefficient (Wildman–Crippen LogP) is -1.37. The van der Waals surface area contributed by atoms with Crippen LogP contribution in [-0.2, 0) is 19.2 Å². The molecular weight excluding hydrogens is 418 g/mol. The Morgan fingerprint density at radius 2 is 1.56 bits per heavy atom. The van der Waals surface area contributed by atoms with E-state index < -0.39 is 41.8 Å². The normalized spacial score (nSPS) is 15.4. The molecule has 0 aromatic carbocycles. The fourth-order valence-corrected chi connectivity index (χ4v) is 2.75. The molecule has 0 fully saturated rings. The molecule has 5 unspecified atom stereocenters. The monoisotopic (exact) mass is 457 g/mol. The lowest BCUT2D eigenvalue weighted by molar-refractivity contribution is -0.142. The number of amides is 3. The van der Waals surface area contributed by atoms with Gasteiger partial charge in [0.2, 0.25) is 17.7 Å². The first-order chi connectivity index (χ1) is 14.9. The summed E-state index contributed by atoms with van der Waals surface area (Å²) in [6, 6.07) is -2.86. The molecule has 0 aliphatic carbocycles. The van der Waals surface area contributed by atoms with E-state index in [9.17, 15) is 24.3 Å². The molecule has 12 heteroatoms. The standard InChI is InChI=1S/C20H39N7O5/c1-5-11(3)15(21)17(29)25-10-14(28)27-16(12(4)6-2)18(30)26-13(19(31)32)8-7-9-24-20(22)23/h11-13,15-16H,5-10,21H2,1-4H3,(H,25,29)(H,26,30)(H,27,28)(H,31,32)(H4,22,23,24). The highest BCUT2D eigenvalue weighted by Crippen LogP contribution is 2.10. The van der Waals surface area contributed by atoms with Crippen LogP contribution in [0.3, 0.4) is 0 Å². The molecule has 0 heterocycles. The van der Waals surface area contributed by atoms with Crippen molar-refractivity contribution in [1.82, 2.24) is 16.0 Å². The Labute approximate surface area is 189 Å². The molecule has 0 radical (unpaired) electrons. The van der Waals surface area contributed by atoms with Gasteiger partial charge in [-0.25, -0.2) is 4.79 Å². The summed E-state index contributed by atoms with van der Waals surface area (Å²) in [5.74, 6) is -3.27. The Kier molecular flexibility index (Phi) is 13.6. The van der Waals surface area contributed by atoms with Crippen molar-refractivity contribution in [3.8, 4) is 0 Å². The summed E-state index contributed by atoms with van der Waals surface area (Å²) in [6.45, 7) is 7.23. The predicted molar refractivity (Wildman–Crippen MR) is 121 cm³/mol. The SMILES string of the molecule is CCC(C)C(N)C(=O)NCC(=O)NC(C(=O)NC(CCCN=C(N)N)C(=O)O)C(C)CC. The second-order valence-electron chi connectivity index (χ2n) is 7.91. The van der Waals surface area contributed by atoms with Crippen molar-refractivity contribution >= 4 is 29.7 Å². The van der Waals surface area contributed by atoms with Crippen LogP contribution in [0.5, 0.6) is 0 Å². The van der Waals surface area contributed by atoms with Crippen LogP contribution < -0.4 is 33.2 Å². The number of guanidine groups is 1. The molecule has 0 aromatic heterocycles. The first-order valence-electron chi connectivity index (χ1n) is 10.9. The van der Waals surface area contributed by atoms with Gasteiger partial charge in [0.25, 0.3) is 0 Å². The third-order valence-corrected chi connectivity index (χ3v) is 5.35. The molecule has 10 N–H and O–H groups in total. The van der Waals surface area contributed by atoms with Crippen LogP contribution in [0.25, 0.3) is 0 Å². The van der Waals surface area contributed by atoms with Crippen molar-refractivity contribution in [2.24, 2.45) is 34.0 Å². The van der Waals surface area contributed by atoms with Crippen LogP contribution in [0, 0.1) is 11.8 Å². The smallest absolute Gasteiger partial charge is 0.326 e. The van der Waals surface area contributed by atoms with Crippen LogP contribution in [0.1, 0.15) is 53.4 Å². The van der Waals surface area contributed by atoms with E-state index in [2.05, 4.69) is 20.9 Å². The van der Waals surface area contributed by atoms with Gasteiger partial charge in [0.05, 0.1) is 12.6 Å². The molecule has 0 spiro atoms. The zero-order valence-corrected chi connectivity index (χ0v) is 19.4. The minimum atomic E-state index is -1.21. The number of nitrogens with one attached hydrogen (secondary N) is 3. The van der Waals surface area contributed by atoms with Gasteiger partial charge in [-0.05, 0) is 24.7 Å². The highest BCUT2D eigenvalue weighted by Gasteiger charge is 2.30. The van der Waals surface area contributed by atoms with Gasteiger partial charge in [-0.15, -0.1) is 0 Å². The van der Waals surface area contributed by atoms with Gasteiger partial charge in [0.15, 0.2) is 5.96 Å². The fourth-order valence-electron chi connectivity index (χ4n) is 2.75. The number of carbonyl (C=O) groups excluding carboxylic acids is 3. The van der Waals surface area contributed by atoms with E-state index in [1.54, 1.807) is 6.92 Å². The number of hydrogen-bond donors (Lipinski definition) is 7. The number of carboxylic acid groups (broad SMARTS) is 1. The summed E-state index contributed by atoms with van der Waals surface area (Å²) in [5, 5.41) is 16.9. The number of hydrogen-bond acceptors (Lipinski definition) is 6. The number of carboxylic acids is 1. The van der Waals surface area contributed by atoms with Crippen molar-refractivity contribution in [2.45, 2.75) is 71.5 Å². The molecule has 0 aromatic rings. The number of aliphatic imine (C=N–C) groups is 1. The third kappa shape index (κ3) is 10.9. The Balaban J connectivity index is 4.98. The molecule has 0 saturated heterocycles. The van der Waals surface area contributed by atoms with Crippen LogP contribution in [0.4, 0.5) is 0 Å². The molecule has 32 heavy (non-hydrogen) atoms. The Bertz CT molecular complexity index is 667. The molecule has 184 valence electrons. The van der Waals surface area contributed by atoms with Gasteiger partial charge < -0.3 is 38.3 Å². The second-order valence-corrected chi connectivity index (χ2v) is 7.91. The van der Waals surface area contributed by atoms with Crippen molar-refractivity contribution in [1.29, 1.82) is 0 Å². The zero-order chi connectivity index (χ0) is 24.8. The van der Waals surface area contributed by atoms with E-state index in [0.29, 0.717) is 19.3 Å². The topological polar surface area (TPSA) is 215 Å². The molecule has 3 amide bonds. The average Bonchev–Trinajstić information content (AvgIpc) is 2.75. The molecule has 0 bridgehead atoms. The number of aliphatic carboxylic acids is 1. The van der Waals surface area contributed by atoms with E-state index in [4.69, 9.17) is 17.2 Å². The van der Waals surface area contributed by atoms with Crippen LogP contribution in [-0.4, -0.2) is 66.0 Å². The summed E-state index contributed by atoms with van der Waals surface area (Å²) in [4.78, 5) is 52.4. The van der Waals surface area contributed by atoms with Crippen molar-refractivity contribution in [2.75, 3.05) is 13.1 Å². The van der Waals surface area contributed by atoms with Gasteiger partial charge in [-0.2, -0.15) is 0 Å². The van der Waals surface area contributed by atoms with Gasteiger partial charge in [0.1, 0.15) is 12.1 Å². The van der Waals surface area contributed by atoms with Crippen LogP contribution in [0.15, 0.2) is 4.99 Å². The lowest BCUT2D eigenvalue weighted by Crippen LogP contribution is -2.56. The summed E-state index contributed by atoms with van der Waals surface area (Å²) >= 11 is 0. The summed E-state index contributed by atoms with van der Waals surface area (Å²) in [5.41, 5.74) is 16.3. The van der Waals surface area contributed by atoms with E-state index >= 15 is 0 Å². The molecule has 0 rings (SSSR count). The van der Waals surface area contributed by atoms with Crippen molar-refractivity contribution in [3.05, 3.63) is 0 Å². The first-order valence-corrected chi connectivity index (χ1v) is 10.9. The summed E-state index contributed by atoms with van der Waals surface area (Å²) in [6.07, 6.45) is 1.74. The average molecular weight is 458 g/mol. The maximum atomic E-state index is 12.7. The molecule has 0 aliphatic heterocycles. The molecule has 0 aliphatic rings. The number of nitrogens with two attached hydrogens (primary N) is 3. The maximum Gasteiger partial charge on any atom is 0.326 e. The summed E-state index contributed by atoms with van der Waals surface area (Å²) in [7, 11) is 0. The lowest BCUT2D eigenvalue weighted by atomic mass is 9.97. The van der Waals surface area contributed by atoms with Crippen LogP contribution in [0.2, 0.25) is 0 Å². The first kappa shape index (κ1) is 29.1. The van der Waals surface area contributed by atoms with Crippen LogP contribution >= 0.6 is 0 Å². The van der Waals surface area contributed by atoms with E-state index in [1.807, 2.05) is 20.8 Å². The van der Waals surface area contributed by atoms with E-state index in [-0.39, 0.29) is 37.3 Å². The molecule has 12 nitrogen and oxygen atoms in total. The van der Waals surface area contributed by atoms with Crippen molar-refractivity contribution < 1.29 is 24.3 Å². The largest absolute Gasteiger partial charge is 0.480 e. The molecule has 5 atom stereocenters. The highest BCUT2D eigenvalue weighted by atomic mass is 16.4. The second kappa shape index (κ2) is 15.0. The Morgan fingerprint density at radius 1 is 0.969 bits per heavy atom. The van der Waals surface area contributed by atoms with Gasteiger partial charge in [0, 0.05) is 6.54 Å². The van der Waals surface area contributed by atoms with Gasteiger partial charge in [-0.3, -0.25) is 19.4 Å². The fraction of sp³-hybridized carbons (Fsp3) is 0.750. The number of nitrogens with zero attached hydrogens (tertiary/aromatic N) is 1. The van der Waals surface area contributed by atoms with Gasteiger partial charge in [-0.1, -0.05) is 40.5 Å².